The molecule has 0 spiro atoms. The maximum atomic E-state index is 10.8. The van der Waals surface area contributed by atoms with Gasteiger partial charge in [-0.3, -0.25) is 4.90 Å². The van der Waals surface area contributed by atoms with Crippen LogP contribution in [0.25, 0.3) is 0 Å². The number of aliphatic hydroxyl groups excluding tert-OH is 1. The van der Waals surface area contributed by atoms with Crippen LogP contribution < -0.4 is 9.47 Å². The Labute approximate surface area is 178 Å². The van der Waals surface area contributed by atoms with E-state index in [1.165, 1.54) is 16.7 Å². The number of aliphatic hydroxyl groups is 1. The predicted molar refractivity (Wildman–Crippen MR) is 119 cm³/mol. The van der Waals surface area contributed by atoms with Crippen molar-refractivity contribution in [3.05, 3.63) is 94.5 Å². The third kappa shape index (κ3) is 5.21. The Bertz CT molecular complexity index is 987. The van der Waals surface area contributed by atoms with Crippen molar-refractivity contribution in [1.29, 1.82) is 0 Å². The summed E-state index contributed by atoms with van der Waals surface area (Å²) in [4.78, 5) is 2.31. The van der Waals surface area contributed by atoms with Crippen LogP contribution in [0, 0.1) is 13.8 Å². The van der Waals surface area contributed by atoms with Gasteiger partial charge >= 0.3 is 0 Å². The molecule has 3 aromatic carbocycles. The van der Waals surface area contributed by atoms with Gasteiger partial charge in [-0.1, -0.05) is 60.2 Å². The number of hydrogen-bond donors (Lipinski definition) is 1. The van der Waals surface area contributed by atoms with Gasteiger partial charge in [-0.25, -0.2) is 0 Å². The molecule has 1 atom stereocenters. The van der Waals surface area contributed by atoms with Gasteiger partial charge in [0, 0.05) is 19.6 Å². The third-order valence-corrected chi connectivity index (χ3v) is 5.52. The van der Waals surface area contributed by atoms with Gasteiger partial charge < -0.3 is 14.6 Å². The Balaban J connectivity index is 1.51. The fraction of sp³-hybridized carbons (Fsp3) is 0.308. The molecule has 1 unspecified atom stereocenters. The molecule has 0 radical (unpaired) electrons. The van der Waals surface area contributed by atoms with Gasteiger partial charge in [0.1, 0.15) is 0 Å². The van der Waals surface area contributed by atoms with E-state index in [0.717, 1.165) is 35.7 Å². The van der Waals surface area contributed by atoms with Crippen molar-refractivity contribution in [2.24, 2.45) is 0 Å². The third-order valence-electron chi connectivity index (χ3n) is 5.52. The lowest BCUT2D eigenvalue weighted by atomic mass is 10.0. The van der Waals surface area contributed by atoms with E-state index in [9.17, 15) is 5.11 Å². The van der Waals surface area contributed by atoms with E-state index in [1.54, 1.807) is 0 Å². The highest BCUT2D eigenvalue weighted by molar-refractivity contribution is 5.44. The second-order valence-electron chi connectivity index (χ2n) is 8.13. The summed E-state index contributed by atoms with van der Waals surface area (Å²) in [5, 5.41) is 10.8. The molecule has 0 amide bonds. The minimum Gasteiger partial charge on any atom is -0.454 e. The van der Waals surface area contributed by atoms with Crippen molar-refractivity contribution < 1.29 is 14.6 Å². The van der Waals surface area contributed by atoms with Gasteiger partial charge in [0.2, 0.25) is 6.79 Å². The van der Waals surface area contributed by atoms with Crippen molar-refractivity contribution >= 4 is 0 Å². The molecule has 3 aromatic rings. The van der Waals surface area contributed by atoms with Crippen LogP contribution in [0.15, 0.2) is 66.7 Å². The SMILES string of the molecule is Cc1ccc(C)c(CN(Cc2ccc3c(c2)OCO3)CC(O)Cc2ccccc2)c1. The summed E-state index contributed by atoms with van der Waals surface area (Å²) in [5.74, 6) is 1.59. The minimum absolute atomic E-state index is 0.279. The Morgan fingerprint density at radius 2 is 1.67 bits per heavy atom. The molecule has 4 rings (SSSR count). The summed E-state index contributed by atoms with van der Waals surface area (Å²) >= 11 is 0. The van der Waals surface area contributed by atoms with Gasteiger partial charge in [-0.2, -0.15) is 0 Å². The molecule has 0 bridgehead atoms. The molecule has 1 heterocycles. The average molecular weight is 404 g/mol. The molecule has 1 aliphatic heterocycles. The Morgan fingerprint density at radius 3 is 2.50 bits per heavy atom. The fourth-order valence-electron chi connectivity index (χ4n) is 3.94. The lowest BCUT2D eigenvalue weighted by molar-refractivity contribution is 0.104. The zero-order valence-corrected chi connectivity index (χ0v) is 17.7. The first kappa shape index (κ1) is 20.5. The highest BCUT2D eigenvalue weighted by Crippen LogP contribution is 2.33. The zero-order chi connectivity index (χ0) is 20.9. The van der Waals surface area contributed by atoms with Gasteiger partial charge in [0.15, 0.2) is 11.5 Å². The molecule has 4 nitrogen and oxygen atoms in total. The molecule has 1 aliphatic rings. The standard InChI is InChI=1S/C26H29NO3/c1-19-8-9-20(2)23(12-19)16-27(17-24(28)13-21-6-4-3-5-7-21)15-22-10-11-25-26(14-22)30-18-29-25/h3-12,14,24,28H,13,15-18H2,1-2H3. The maximum Gasteiger partial charge on any atom is 0.231 e. The summed E-state index contributed by atoms with van der Waals surface area (Å²) in [7, 11) is 0. The fourth-order valence-corrected chi connectivity index (χ4v) is 3.94. The molecule has 0 aliphatic carbocycles. The Morgan fingerprint density at radius 1 is 0.867 bits per heavy atom. The molecule has 0 saturated heterocycles. The van der Waals surface area contributed by atoms with E-state index < -0.39 is 6.10 Å². The second kappa shape index (κ2) is 9.33. The van der Waals surface area contributed by atoms with E-state index >= 15 is 0 Å². The molecule has 0 saturated carbocycles. The second-order valence-corrected chi connectivity index (χ2v) is 8.13. The molecule has 4 heteroatoms. The number of ether oxygens (including phenoxy) is 2. The van der Waals surface area contributed by atoms with Crippen molar-refractivity contribution in [1.82, 2.24) is 4.90 Å². The van der Waals surface area contributed by atoms with Crippen LogP contribution in [0.5, 0.6) is 11.5 Å². The predicted octanol–water partition coefficient (Wildman–Crippen LogP) is 4.64. The van der Waals surface area contributed by atoms with E-state index in [0.29, 0.717) is 13.0 Å². The van der Waals surface area contributed by atoms with Gasteiger partial charge in [0.25, 0.3) is 0 Å². The van der Waals surface area contributed by atoms with Gasteiger partial charge in [-0.15, -0.1) is 0 Å². The summed E-state index contributed by atoms with van der Waals surface area (Å²) in [6, 6.07) is 22.8. The summed E-state index contributed by atoms with van der Waals surface area (Å²) < 4.78 is 11.0. The highest BCUT2D eigenvalue weighted by atomic mass is 16.7. The van der Waals surface area contributed by atoms with Crippen LogP contribution in [0.1, 0.15) is 27.8 Å². The monoisotopic (exact) mass is 403 g/mol. The number of fused-ring (bicyclic) bond motifs is 1. The Kier molecular flexibility index (Phi) is 6.36. The van der Waals surface area contributed by atoms with Crippen LogP contribution >= 0.6 is 0 Å². The number of benzene rings is 3. The van der Waals surface area contributed by atoms with Crippen molar-refractivity contribution in [3.63, 3.8) is 0 Å². The van der Waals surface area contributed by atoms with Crippen LogP contribution in [0.2, 0.25) is 0 Å². The molecule has 156 valence electrons. The van der Waals surface area contributed by atoms with Crippen molar-refractivity contribution in [3.8, 4) is 11.5 Å². The molecular weight excluding hydrogens is 374 g/mol. The van der Waals surface area contributed by atoms with Gasteiger partial charge in [-0.05, 0) is 54.7 Å². The minimum atomic E-state index is -0.438. The molecule has 0 fully saturated rings. The number of rotatable bonds is 8. The zero-order valence-electron chi connectivity index (χ0n) is 17.7. The lowest BCUT2D eigenvalue weighted by Gasteiger charge is -2.26. The van der Waals surface area contributed by atoms with E-state index in [-0.39, 0.29) is 6.79 Å². The number of aryl methyl sites for hydroxylation is 2. The normalized spacial score (nSPS) is 13.6. The van der Waals surface area contributed by atoms with E-state index in [2.05, 4.69) is 55.1 Å². The first-order valence-corrected chi connectivity index (χ1v) is 10.5. The highest BCUT2D eigenvalue weighted by Gasteiger charge is 2.18. The Hall–Kier alpha value is -2.82. The first-order valence-electron chi connectivity index (χ1n) is 10.5. The molecule has 30 heavy (non-hydrogen) atoms. The molecular formula is C26H29NO3. The van der Waals surface area contributed by atoms with Crippen LogP contribution in [-0.4, -0.2) is 29.4 Å². The quantitative estimate of drug-likeness (QED) is 0.595. The smallest absolute Gasteiger partial charge is 0.231 e. The number of hydrogen-bond acceptors (Lipinski definition) is 4. The van der Waals surface area contributed by atoms with Crippen LogP contribution in [0.3, 0.4) is 0 Å². The summed E-state index contributed by atoms with van der Waals surface area (Å²) in [6.07, 6.45) is 0.206. The molecule has 1 N–H and O–H groups in total. The summed E-state index contributed by atoms with van der Waals surface area (Å²) in [6.45, 7) is 6.66. The largest absolute Gasteiger partial charge is 0.454 e. The molecule has 0 aromatic heterocycles. The first-order chi connectivity index (χ1) is 14.6. The average Bonchev–Trinajstić information content (AvgIpc) is 3.19. The lowest BCUT2D eigenvalue weighted by Crippen LogP contribution is -2.33. The van der Waals surface area contributed by atoms with Crippen molar-refractivity contribution in [2.45, 2.75) is 39.5 Å². The maximum absolute atomic E-state index is 10.8. The topological polar surface area (TPSA) is 41.9 Å². The summed E-state index contributed by atoms with van der Waals surface area (Å²) in [5.41, 5.74) is 6.12. The van der Waals surface area contributed by atoms with Gasteiger partial charge in [0.05, 0.1) is 6.10 Å². The van der Waals surface area contributed by atoms with Crippen LogP contribution in [-0.2, 0) is 19.5 Å². The van der Waals surface area contributed by atoms with E-state index in [4.69, 9.17) is 9.47 Å². The van der Waals surface area contributed by atoms with Crippen molar-refractivity contribution in [2.75, 3.05) is 13.3 Å². The van der Waals surface area contributed by atoms with E-state index in [1.807, 2.05) is 30.3 Å². The van der Waals surface area contributed by atoms with Crippen LogP contribution in [0.4, 0.5) is 0 Å². The number of nitrogens with zero attached hydrogens (tertiary/aromatic N) is 1.